The van der Waals surface area contributed by atoms with E-state index < -0.39 is 0 Å². The monoisotopic (exact) mass is 217 g/mol. The van der Waals surface area contributed by atoms with Crippen LogP contribution < -0.4 is 10.6 Å². The minimum atomic E-state index is 0.385. The molecule has 16 heavy (non-hydrogen) atoms. The van der Waals surface area contributed by atoms with E-state index in [4.69, 9.17) is 11.0 Å². The number of anilines is 2. The summed E-state index contributed by atoms with van der Waals surface area (Å²) in [4.78, 5) is 2.23. The fourth-order valence-electron chi connectivity index (χ4n) is 1.76. The molecule has 3 heteroatoms. The minimum absolute atomic E-state index is 0.385. The van der Waals surface area contributed by atoms with Gasteiger partial charge in [0.05, 0.1) is 23.0 Å². The highest BCUT2D eigenvalue weighted by molar-refractivity contribution is 5.70. The summed E-state index contributed by atoms with van der Waals surface area (Å²) in [5, 5.41) is 8.89. The number of nitrogen functional groups attached to an aromatic ring is 1. The van der Waals surface area contributed by atoms with Crippen molar-refractivity contribution in [2.45, 2.75) is 33.2 Å². The van der Waals surface area contributed by atoms with Crippen molar-refractivity contribution in [2.24, 2.45) is 0 Å². The standard InChI is InChI=1S/C13H19N3/c1-4-7-16(10(2)3)13-8-11(9-14)5-6-12(13)15/h5-6,8,10H,4,7,15H2,1-3H3. The molecule has 1 aromatic carbocycles. The molecular formula is C13H19N3. The fraction of sp³-hybridized carbons (Fsp3) is 0.462. The van der Waals surface area contributed by atoms with Gasteiger partial charge in [0.1, 0.15) is 0 Å². The van der Waals surface area contributed by atoms with E-state index in [-0.39, 0.29) is 0 Å². The van der Waals surface area contributed by atoms with Gasteiger partial charge in [0.2, 0.25) is 0 Å². The van der Waals surface area contributed by atoms with Gasteiger partial charge in [-0.05, 0) is 38.5 Å². The molecule has 0 fully saturated rings. The largest absolute Gasteiger partial charge is 0.397 e. The molecule has 0 aliphatic rings. The Bertz CT molecular complexity index is 391. The van der Waals surface area contributed by atoms with Gasteiger partial charge < -0.3 is 10.6 Å². The van der Waals surface area contributed by atoms with Crippen molar-refractivity contribution in [1.29, 1.82) is 5.26 Å². The molecule has 0 saturated heterocycles. The van der Waals surface area contributed by atoms with Crippen LogP contribution in [0.5, 0.6) is 0 Å². The lowest BCUT2D eigenvalue weighted by Crippen LogP contribution is -2.32. The van der Waals surface area contributed by atoms with Crippen molar-refractivity contribution < 1.29 is 0 Å². The normalized spacial score (nSPS) is 10.2. The molecule has 0 heterocycles. The molecular weight excluding hydrogens is 198 g/mol. The van der Waals surface area contributed by atoms with E-state index in [1.165, 1.54) is 0 Å². The molecule has 86 valence electrons. The van der Waals surface area contributed by atoms with Crippen molar-refractivity contribution in [2.75, 3.05) is 17.2 Å². The Morgan fingerprint density at radius 1 is 1.44 bits per heavy atom. The van der Waals surface area contributed by atoms with Gasteiger partial charge in [0.15, 0.2) is 0 Å². The predicted octanol–water partition coefficient (Wildman–Crippen LogP) is 2.77. The number of hydrogen-bond donors (Lipinski definition) is 1. The number of nitrogens with zero attached hydrogens (tertiary/aromatic N) is 2. The summed E-state index contributed by atoms with van der Waals surface area (Å²) in [5.74, 6) is 0. The first-order valence-electron chi connectivity index (χ1n) is 5.66. The second-order valence-electron chi connectivity index (χ2n) is 4.17. The van der Waals surface area contributed by atoms with Crippen LogP contribution in [-0.2, 0) is 0 Å². The van der Waals surface area contributed by atoms with Crippen LogP contribution in [0.15, 0.2) is 18.2 Å². The van der Waals surface area contributed by atoms with Crippen LogP contribution in [0.4, 0.5) is 11.4 Å². The summed E-state index contributed by atoms with van der Waals surface area (Å²) in [7, 11) is 0. The van der Waals surface area contributed by atoms with Gasteiger partial charge in [0.25, 0.3) is 0 Å². The molecule has 0 aliphatic heterocycles. The first-order chi connectivity index (χ1) is 7.60. The highest BCUT2D eigenvalue weighted by atomic mass is 15.2. The van der Waals surface area contributed by atoms with E-state index in [0.29, 0.717) is 11.6 Å². The third kappa shape index (κ3) is 2.66. The Balaban J connectivity index is 3.12. The smallest absolute Gasteiger partial charge is 0.0992 e. The van der Waals surface area contributed by atoms with Crippen LogP contribution in [0, 0.1) is 11.3 Å². The number of benzene rings is 1. The van der Waals surface area contributed by atoms with E-state index in [1.54, 1.807) is 12.1 Å². The second kappa shape index (κ2) is 5.41. The van der Waals surface area contributed by atoms with Gasteiger partial charge in [-0.3, -0.25) is 0 Å². The number of nitrogens with two attached hydrogens (primary N) is 1. The number of nitriles is 1. The zero-order valence-corrected chi connectivity index (χ0v) is 10.2. The molecule has 1 aromatic rings. The maximum atomic E-state index is 8.89. The van der Waals surface area contributed by atoms with Crippen LogP contribution in [0.25, 0.3) is 0 Å². The van der Waals surface area contributed by atoms with Gasteiger partial charge in [-0.2, -0.15) is 5.26 Å². The highest BCUT2D eigenvalue weighted by Gasteiger charge is 2.12. The zero-order valence-electron chi connectivity index (χ0n) is 10.2. The Kier molecular flexibility index (Phi) is 4.19. The van der Waals surface area contributed by atoms with E-state index in [0.717, 1.165) is 24.3 Å². The Morgan fingerprint density at radius 3 is 2.62 bits per heavy atom. The molecule has 0 aliphatic carbocycles. The van der Waals surface area contributed by atoms with Gasteiger partial charge in [-0.1, -0.05) is 6.92 Å². The fourth-order valence-corrected chi connectivity index (χ4v) is 1.76. The van der Waals surface area contributed by atoms with E-state index in [1.807, 2.05) is 6.07 Å². The Hall–Kier alpha value is -1.69. The topological polar surface area (TPSA) is 53.0 Å². The molecule has 0 atom stereocenters. The predicted molar refractivity (Wildman–Crippen MR) is 68.3 cm³/mol. The van der Waals surface area contributed by atoms with Crippen LogP contribution in [0.3, 0.4) is 0 Å². The summed E-state index contributed by atoms with van der Waals surface area (Å²) >= 11 is 0. The molecule has 3 nitrogen and oxygen atoms in total. The Labute approximate surface area is 97.5 Å². The maximum absolute atomic E-state index is 8.89. The lowest BCUT2D eigenvalue weighted by Gasteiger charge is -2.29. The molecule has 0 radical (unpaired) electrons. The van der Waals surface area contributed by atoms with Crippen molar-refractivity contribution in [3.8, 4) is 6.07 Å². The lowest BCUT2D eigenvalue weighted by atomic mass is 10.1. The van der Waals surface area contributed by atoms with E-state index in [2.05, 4.69) is 31.7 Å². The minimum Gasteiger partial charge on any atom is -0.397 e. The summed E-state index contributed by atoms with van der Waals surface area (Å²) in [6.45, 7) is 7.36. The number of rotatable bonds is 4. The summed E-state index contributed by atoms with van der Waals surface area (Å²) in [6, 6.07) is 7.96. The Morgan fingerprint density at radius 2 is 2.12 bits per heavy atom. The van der Waals surface area contributed by atoms with Gasteiger partial charge in [0, 0.05) is 12.6 Å². The van der Waals surface area contributed by atoms with Crippen molar-refractivity contribution in [3.63, 3.8) is 0 Å². The average molecular weight is 217 g/mol. The van der Waals surface area contributed by atoms with E-state index in [9.17, 15) is 0 Å². The number of hydrogen-bond acceptors (Lipinski definition) is 3. The molecule has 0 amide bonds. The third-order valence-electron chi connectivity index (χ3n) is 2.56. The van der Waals surface area contributed by atoms with Gasteiger partial charge in [-0.15, -0.1) is 0 Å². The molecule has 0 bridgehead atoms. The van der Waals surface area contributed by atoms with E-state index >= 15 is 0 Å². The molecule has 1 rings (SSSR count). The quantitative estimate of drug-likeness (QED) is 0.789. The summed E-state index contributed by atoms with van der Waals surface area (Å²) in [6.07, 6.45) is 1.06. The van der Waals surface area contributed by atoms with Crippen molar-refractivity contribution in [3.05, 3.63) is 23.8 Å². The van der Waals surface area contributed by atoms with Crippen molar-refractivity contribution >= 4 is 11.4 Å². The summed E-state index contributed by atoms with van der Waals surface area (Å²) in [5.41, 5.74) is 8.33. The van der Waals surface area contributed by atoms with Gasteiger partial charge in [-0.25, -0.2) is 0 Å². The van der Waals surface area contributed by atoms with Crippen LogP contribution in [0.2, 0.25) is 0 Å². The lowest BCUT2D eigenvalue weighted by molar-refractivity contribution is 0.672. The maximum Gasteiger partial charge on any atom is 0.0992 e. The summed E-state index contributed by atoms with van der Waals surface area (Å²) < 4.78 is 0. The van der Waals surface area contributed by atoms with Gasteiger partial charge >= 0.3 is 0 Å². The first kappa shape index (κ1) is 12.4. The molecule has 0 spiro atoms. The zero-order chi connectivity index (χ0) is 12.1. The SMILES string of the molecule is CCCN(c1cc(C#N)ccc1N)C(C)C. The second-order valence-corrected chi connectivity index (χ2v) is 4.17. The van der Waals surface area contributed by atoms with Crippen LogP contribution in [0.1, 0.15) is 32.8 Å². The van der Waals surface area contributed by atoms with Crippen LogP contribution in [-0.4, -0.2) is 12.6 Å². The van der Waals surface area contributed by atoms with Crippen molar-refractivity contribution in [1.82, 2.24) is 0 Å². The first-order valence-corrected chi connectivity index (χ1v) is 5.66. The molecule has 0 unspecified atom stereocenters. The average Bonchev–Trinajstić information content (AvgIpc) is 2.27. The molecule has 0 aromatic heterocycles. The molecule has 0 saturated carbocycles. The third-order valence-corrected chi connectivity index (χ3v) is 2.56. The highest BCUT2D eigenvalue weighted by Crippen LogP contribution is 2.26. The molecule has 2 N–H and O–H groups in total. The van der Waals surface area contributed by atoms with Crippen LogP contribution >= 0.6 is 0 Å².